The number of azo groups is 1. The van der Waals surface area contributed by atoms with Crippen LogP contribution in [0.1, 0.15) is 92.9 Å². The quantitative estimate of drug-likeness (QED) is 0.0405. The molecule has 12 N–H and O–H groups in total. The molecule has 22 heteroatoms. The molecule has 8 amide bonds. The van der Waals surface area contributed by atoms with Gasteiger partial charge in [-0.05, 0) is 64.2 Å². The number of hydrogen-bond donors (Lipinski definition) is 10. The summed E-state index contributed by atoms with van der Waals surface area (Å²) in [6.07, 6.45) is -0.643. The van der Waals surface area contributed by atoms with Crippen molar-refractivity contribution in [2.75, 3.05) is 13.1 Å². The van der Waals surface area contributed by atoms with E-state index >= 15 is 0 Å². The van der Waals surface area contributed by atoms with Crippen LogP contribution in [0.3, 0.4) is 0 Å². The van der Waals surface area contributed by atoms with E-state index in [1.54, 1.807) is 27.7 Å². The van der Waals surface area contributed by atoms with Crippen molar-refractivity contribution >= 4 is 47.6 Å². The highest BCUT2D eigenvalue weighted by atomic mass is 16.4. The minimum atomic E-state index is -1.61. The molecule has 2 unspecified atom stereocenters. The molecule has 0 aliphatic heterocycles. The molecule has 22 nitrogen and oxygen atoms in total. The van der Waals surface area contributed by atoms with E-state index in [0.29, 0.717) is 0 Å². The van der Waals surface area contributed by atoms with Gasteiger partial charge in [-0.25, -0.2) is 19.2 Å². The van der Waals surface area contributed by atoms with Gasteiger partial charge in [0.05, 0.1) is 12.1 Å². The summed E-state index contributed by atoms with van der Waals surface area (Å²) in [5.41, 5.74) is 6.76. The Balaban J connectivity index is 5.45. The Morgan fingerprint density at radius 2 is 0.946 bits per heavy atom. The molecule has 0 aliphatic rings. The maximum Gasteiger partial charge on any atom is 0.326 e. The highest BCUT2D eigenvalue weighted by Crippen LogP contribution is 2.24. The topological polar surface area (TPSA) is 374 Å². The largest absolute Gasteiger partial charge is 0.480 e. The van der Waals surface area contributed by atoms with Gasteiger partial charge in [0.2, 0.25) is 23.6 Å². The number of nitrogens with zero attached hydrogens (tertiary/aromatic N) is 4. The van der Waals surface area contributed by atoms with Crippen molar-refractivity contribution in [3.05, 3.63) is 0 Å². The van der Waals surface area contributed by atoms with Crippen molar-refractivity contribution < 1.29 is 48.6 Å². The zero-order valence-corrected chi connectivity index (χ0v) is 32.6. The zero-order valence-electron chi connectivity index (χ0n) is 32.6. The Labute approximate surface area is 325 Å². The Morgan fingerprint density at radius 1 is 0.625 bits per heavy atom. The smallest absolute Gasteiger partial charge is 0.326 e. The maximum atomic E-state index is 13.0. The predicted molar refractivity (Wildman–Crippen MR) is 198 cm³/mol. The number of hydrogen-bond acceptors (Lipinski definition) is 12. The monoisotopic (exact) mass is 792 g/mol. The van der Waals surface area contributed by atoms with Gasteiger partial charge in [0.25, 0.3) is 0 Å². The average Bonchev–Trinajstić information content (AvgIpc) is 3.11. The van der Waals surface area contributed by atoms with Gasteiger partial charge >= 0.3 is 24.0 Å². The second kappa shape index (κ2) is 24.4. The van der Waals surface area contributed by atoms with Crippen LogP contribution in [-0.4, -0.2) is 106 Å². The first-order valence-corrected chi connectivity index (χ1v) is 18.0. The molecule has 0 rings (SSSR count). The number of nitrogens with one attached hydrogen (secondary N) is 6. The minimum absolute atomic E-state index is 0.0242. The van der Waals surface area contributed by atoms with Crippen LogP contribution in [0.5, 0.6) is 0 Å². The third-order valence-corrected chi connectivity index (χ3v) is 8.35. The van der Waals surface area contributed by atoms with Gasteiger partial charge in [-0.3, -0.25) is 19.2 Å². The molecule has 0 bridgehead atoms. The molecule has 56 heavy (non-hydrogen) atoms. The fourth-order valence-electron chi connectivity index (χ4n) is 4.83. The van der Waals surface area contributed by atoms with E-state index in [0.717, 1.165) is 0 Å². The van der Waals surface area contributed by atoms with Crippen LogP contribution in [0.4, 0.5) is 9.59 Å². The Morgan fingerprint density at radius 3 is 1.20 bits per heavy atom. The summed E-state index contributed by atoms with van der Waals surface area (Å²) >= 11 is 0. The van der Waals surface area contributed by atoms with Crippen molar-refractivity contribution in [2.24, 2.45) is 33.5 Å². The number of carboxylic acid groups (broad SMARTS) is 2. The first-order valence-electron chi connectivity index (χ1n) is 18.0. The first kappa shape index (κ1) is 49.9. The van der Waals surface area contributed by atoms with Crippen molar-refractivity contribution in [3.63, 3.8) is 0 Å². The van der Waals surface area contributed by atoms with Gasteiger partial charge < -0.3 is 53.6 Å². The first-order chi connectivity index (χ1) is 26.0. The SMILES string of the molecule is CC(C)[C@H](NC(=O)CCC(C)(C#N)N=NC(C)(C#N)CCC(=O)N[C@H](C(=O)N[C@@H](CCCNC(N)=O)C(=O)O)C(C)C)C(=O)N[C@@H](CCCNC(N)=O)C(=O)O. The van der Waals surface area contributed by atoms with Crippen LogP contribution in [-0.2, 0) is 28.8 Å². The lowest BCUT2D eigenvalue weighted by molar-refractivity contribution is -0.143. The molecule has 0 saturated heterocycles. The van der Waals surface area contributed by atoms with E-state index in [4.69, 9.17) is 11.5 Å². The van der Waals surface area contributed by atoms with Crippen molar-refractivity contribution in [2.45, 2.75) is 128 Å². The van der Waals surface area contributed by atoms with Gasteiger partial charge in [-0.2, -0.15) is 20.8 Å². The van der Waals surface area contributed by atoms with Crippen LogP contribution in [0.25, 0.3) is 0 Å². The van der Waals surface area contributed by atoms with E-state index in [-0.39, 0.29) is 64.5 Å². The molecule has 0 aromatic carbocycles. The lowest BCUT2D eigenvalue weighted by atomic mass is 9.96. The normalized spacial score (nSPS) is 15.3. The van der Waals surface area contributed by atoms with Crippen LogP contribution in [0, 0.1) is 34.5 Å². The standard InChI is InChI=1S/C34H56N12O10/c1-19(2)25(27(49)41-21(29(51)52)9-7-15-39-31(37)55)43-23(47)11-13-33(5,17-35)45-46-34(6,18-36)14-12-24(48)44-26(20(3)4)28(50)42-22(30(53)54)10-8-16-40-32(38)56/h19-22,25-26H,7-16H2,1-6H3,(H,41,49)(H,42,50)(H,43,47)(H,44,48)(H,51,52)(H,53,54)(H3,37,39,55)(H3,38,40,56)/t21-,22-,25-,26-,33?,34?/m0/s1. The maximum absolute atomic E-state index is 13.0. The number of rotatable bonds is 26. The lowest BCUT2D eigenvalue weighted by Crippen LogP contribution is -2.53. The van der Waals surface area contributed by atoms with Crippen molar-refractivity contribution in [1.29, 1.82) is 10.5 Å². The molecule has 0 fully saturated rings. The molecule has 6 atom stereocenters. The number of nitrogens with two attached hydrogens (primary N) is 2. The van der Waals surface area contributed by atoms with Crippen molar-refractivity contribution in [3.8, 4) is 12.1 Å². The van der Waals surface area contributed by atoms with Gasteiger partial charge in [0.15, 0.2) is 11.1 Å². The van der Waals surface area contributed by atoms with E-state index in [9.17, 15) is 59.1 Å². The summed E-state index contributed by atoms with van der Waals surface area (Å²) in [5, 5.41) is 61.4. The second-order valence-electron chi connectivity index (χ2n) is 14.2. The summed E-state index contributed by atoms with van der Waals surface area (Å²) in [6, 6.07) is -2.55. The Bertz CT molecular complexity index is 1420. The highest BCUT2D eigenvalue weighted by Gasteiger charge is 2.33. The molecule has 0 radical (unpaired) electrons. The number of carboxylic acids is 2. The predicted octanol–water partition coefficient (Wildman–Crippen LogP) is -0.119. The van der Waals surface area contributed by atoms with Gasteiger partial charge in [-0.15, -0.1) is 0 Å². The van der Waals surface area contributed by atoms with Gasteiger partial charge in [0, 0.05) is 25.9 Å². The summed E-state index contributed by atoms with van der Waals surface area (Å²) < 4.78 is 0. The van der Waals surface area contributed by atoms with Crippen LogP contribution < -0.4 is 43.4 Å². The molecule has 0 aromatic heterocycles. The summed E-state index contributed by atoms with van der Waals surface area (Å²) in [5.74, 6) is -6.35. The van der Waals surface area contributed by atoms with Crippen LogP contribution >= 0.6 is 0 Å². The molecule has 0 heterocycles. The zero-order chi connectivity index (χ0) is 43.2. The summed E-state index contributed by atoms with van der Waals surface area (Å²) in [6.45, 7) is 9.47. The molecule has 0 aliphatic carbocycles. The number of nitriles is 2. The molecule has 0 spiro atoms. The molecule has 312 valence electrons. The number of amides is 8. The Kier molecular flexibility index (Phi) is 21.7. The molecule has 0 saturated carbocycles. The van der Waals surface area contributed by atoms with Crippen LogP contribution in [0.15, 0.2) is 10.2 Å². The fourth-order valence-corrected chi connectivity index (χ4v) is 4.83. The number of primary amides is 2. The van der Waals surface area contributed by atoms with Crippen LogP contribution in [0.2, 0.25) is 0 Å². The van der Waals surface area contributed by atoms with E-state index in [1.807, 2.05) is 12.1 Å². The van der Waals surface area contributed by atoms with E-state index in [1.165, 1.54) is 13.8 Å². The third kappa shape index (κ3) is 19.9. The Hall–Kier alpha value is -6.06. The fraction of sp³-hybridized carbons (Fsp3) is 0.706. The molecular formula is C34H56N12O10. The third-order valence-electron chi connectivity index (χ3n) is 8.35. The minimum Gasteiger partial charge on any atom is -0.480 e. The summed E-state index contributed by atoms with van der Waals surface area (Å²) in [7, 11) is 0. The lowest BCUT2D eigenvalue weighted by Gasteiger charge is -2.25. The second-order valence-corrected chi connectivity index (χ2v) is 14.2. The molecular weight excluding hydrogens is 736 g/mol. The number of aliphatic carboxylic acids is 2. The number of carbonyl (C=O) groups excluding carboxylic acids is 6. The number of urea groups is 2. The average molecular weight is 793 g/mol. The molecule has 0 aromatic rings. The highest BCUT2D eigenvalue weighted by molar-refractivity contribution is 5.91. The van der Waals surface area contributed by atoms with Gasteiger partial charge in [-0.1, -0.05) is 27.7 Å². The van der Waals surface area contributed by atoms with Gasteiger partial charge in [0.1, 0.15) is 24.2 Å². The van der Waals surface area contributed by atoms with E-state index in [2.05, 4.69) is 42.1 Å². The van der Waals surface area contributed by atoms with E-state index < -0.39 is 94.7 Å². The van der Waals surface area contributed by atoms with Crippen molar-refractivity contribution in [1.82, 2.24) is 31.9 Å². The summed E-state index contributed by atoms with van der Waals surface area (Å²) in [4.78, 5) is 96.8. The number of carbonyl (C=O) groups is 8.